The molecule has 0 aromatic heterocycles. The second-order valence-electron chi connectivity index (χ2n) is 4.41. The van der Waals surface area contributed by atoms with E-state index in [1.807, 2.05) is 7.05 Å². The maximum Gasteiger partial charge on any atom is 0.125 e. The summed E-state index contributed by atoms with van der Waals surface area (Å²) >= 11 is 1.80. The summed E-state index contributed by atoms with van der Waals surface area (Å²) in [7, 11) is 2.01. The van der Waals surface area contributed by atoms with Crippen molar-refractivity contribution in [2.24, 2.45) is 0 Å². The average Bonchev–Trinajstić information content (AvgIpc) is 2.35. The van der Waals surface area contributed by atoms with Crippen molar-refractivity contribution in [3.05, 3.63) is 29.6 Å². The molecule has 0 fully saturated rings. The van der Waals surface area contributed by atoms with E-state index in [-0.39, 0.29) is 5.82 Å². The number of benzene rings is 1. The third-order valence-corrected chi connectivity index (χ3v) is 3.36. The van der Waals surface area contributed by atoms with Crippen molar-refractivity contribution in [2.45, 2.75) is 19.9 Å². The van der Waals surface area contributed by atoms with Crippen LogP contribution < -0.4 is 10.2 Å². The summed E-state index contributed by atoms with van der Waals surface area (Å²) in [6, 6.07) is 5.27. The van der Waals surface area contributed by atoms with Gasteiger partial charge in [0, 0.05) is 31.6 Å². The first-order chi connectivity index (χ1) is 8.67. The van der Waals surface area contributed by atoms with Crippen LogP contribution in [-0.4, -0.2) is 32.1 Å². The number of hydrogen-bond donors (Lipinski definition) is 1. The molecular formula is C14H23FN2S. The van der Waals surface area contributed by atoms with E-state index in [4.69, 9.17) is 0 Å². The van der Waals surface area contributed by atoms with E-state index >= 15 is 0 Å². The lowest BCUT2D eigenvalue weighted by Gasteiger charge is -2.20. The van der Waals surface area contributed by atoms with E-state index in [0.29, 0.717) is 0 Å². The molecule has 1 N–H and O–H groups in total. The summed E-state index contributed by atoms with van der Waals surface area (Å²) in [5, 5.41) is 3.30. The zero-order valence-electron chi connectivity index (χ0n) is 11.5. The Morgan fingerprint density at radius 1 is 1.33 bits per heavy atom. The number of nitrogens with one attached hydrogen (secondary N) is 1. The minimum Gasteiger partial charge on any atom is -0.374 e. The predicted octanol–water partition coefficient (Wildman–Crippen LogP) is 3.12. The molecule has 0 heterocycles. The SMILES string of the molecule is CCCNCc1cc(F)cc(N(C)CCSC)c1. The first-order valence-corrected chi connectivity index (χ1v) is 7.77. The van der Waals surface area contributed by atoms with Crippen LogP contribution in [0.4, 0.5) is 10.1 Å². The molecule has 1 aromatic rings. The quantitative estimate of drug-likeness (QED) is 0.731. The normalized spacial score (nSPS) is 10.7. The number of nitrogens with zero attached hydrogens (tertiary/aromatic N) is 1. The topological polar surface area (TPSA) is 15.3 Å². The highest BCUT2D eigenvalue weighted by molar-refractivity contribution is 7.98. The lowest BCUT2D eigenvalue weighted by Crippen LogP contribution is -2.21. The highest BCUT2D eigenvalue weighted by atomic mass is 32.2. The van der Waals surface area contributed by atoms with Gasteiger partial charge in [0.25, 0.3) is 0 Å². The molecule has 0 unspecified atom stereocenters. The monoisotopic (exact) mass is 270 g/mol. The van der Waals surface area contributed by atoms with E-state index in [1.165, 1.54) is 0 Å². The van der Waals surface area contributed by atoms with Crippen LogP contribution in [0.3, 0.4) is 0 Å². The predicted molar refractivity (Wildman–Crippen MR) is 80.0 cm³/mol. The van der Waals surface area contributed by atoms with Gasteiger partial charge in [-0.3, -0.25) is 0 Å². The van der Waals surface area contributed by atoms with Crippen molar-refractivity contribution in [1.29, 1.82) is 0 Å². The van der Waals surface area contributed by atoms with Gasteiger partial charge in [-0.15, -0.1) is 0 Å². The molecule has 0 aliphatic heterocycles. The van der Waals surface area contributed by atoms with E-state index in [2.05, 4.69) is 29.5 Å². The molecule has 4 heteroatoms. The molecule has 0 radical (unpaired) electrons. The molecule has 0 saturated heterocycles. The summed E-state index contributed by atoms with van der Waals surface area (Å²) < 4.78 is 13.6. The fourth-order valence-electron chi connectivity index (χ4n) is 1.72. The Kier molecular flexibility index (Phi) is 7.13. The Morgan fingerprint density at radius 3 is 2.78 bits per heavy atom. The van der Waals surface area contributed by atoms with E-state index in [9.17, 15) is 4.39 Å². The van der Waals surface area contributed by atoms with Gasteiger partial charge in [0.15, 0.2) is 0 Å². The molecule has 0 amide bonds. The molecule has 2 nitrogen and oxygen atoms in total. The number of rotatable bonds is 8. The van der Waals surface area contributed by atoms with Gasteiger partial charge >= 0.3 is 0 Å². The maximum atomic E-state index is 13.6. The zero-order chi connectivity index (χ0) is 13.4. The molecule has 1 rings (SSSR count). The zero-order valence-corrected chi connectivity index (χ0v) is 12.3. The molecule has 0 aliphatic carbocycles. The van der Waals surface area contributed by atoms with E-state index < -0.39 is 0 Å². The van der Waals surface area contributed by atoms with Crippen molar-refractivity contribution in [3.8, 4) is 0 Å². The Labute approximate surface area is 114 Å². The lowest BCUT2D eigenvalue weighted by molar-refractivity contribution is 0.618. The van der Waals surface area contributed by atoms with Crippen LogP contribution in [0.2, 0.25) is 0 Å². The number of thioether (sulfide) groups is 1. The molecule has 0 aliphatic rings. The highest BCUT2D eigenvalue weighted by Crippen LogP contribution is 2.18. The summed E-state index contributed by atoms with van der Waals surface area (Å²) in [5.74, 6) is 0.896. The molecule has 0 atom stereocenters. The summed E-state index contributed by atoms with van der Waals surface area (Å²) in [6.07, 6.45) is 3.18. The van der Waals surface area contributed by atoms with Crippen LogP contribution in [0.15, 0.2) is 18.2 Å². The van der Waals surface area contributed by atoms with Gasteiger partial charge in [0.2, 0.25) is 0 Å². The third kappa shape index (κ3) is 5.27. The Hall–Kier alpha value is -0.740. The fraction of sp³-hybridized carbons (Fsp3) is 0.571. The van der Waals surface area contributed by atoms with Gasteiger partial charge in [-0.2, -0.15) is 11.8 Å². The van der Waals surface area contributed by atoms with Crippen LogP contribution >= 0.6 is 11.8 Å². The van der Waals surface area contributed by atoms with E-state index in [0.717, 1.165) is 43.1 Å². The number of anilines is 1. The Bertz CT molecular complexity index is 358. The molecule has 0 spiro atoms. The highest BCUT2D eigenvalue weighted by Gasteiger charge is 2.05. The van der Waals surface area contributed by atoms with Crippen LogP contribution in [0, 0.1) is 5.82 Å². The van der Waals surface area contributed by atoms with Gasteiger partial charge in [-0.1, -0.05) is 6.92 Å². The first kappa shape index (κ1) is 15.3. The Morgan fingerprint density at radius 2 is 2.11 bits per heavy atom. The van der Waals surface area contributed by atoms with Crippen LogP contribution in [0.25, 0.3) is 0 Å². The van der Waals surface area contributed by atoms with Gasteiger partial charge in [0.1, 0.15) is 5.82 Å². The smallest absolute Gasteiger partial charge is 0.125 e. The minimum atomic E-state index is -0.156. The lowest BCUT2D eigenvalue weighted by atomic mass is 10.1. The average molecular weight is 270 g/mol. The Balaban J connectivity index is 2.67. The molecular weight excluding hydrogens is 247 g/mol. The second-order valence-corrected chi connectivity index (χ2v) is 5.39. The van der Waals surface area contributed by atoms with Gasteiger partial charge in [-0.25, -0.2) is 4.39 Å². The van der Waals surface area contributed by atoms with Crippen molar-refractivity contribution in [3.63, 3.8) is 0 Å². The first-order valence-electron chi connectivity index (χ1n) is 6.37. The summed E-state index contributed by atoms with van der Waals surface area (Å²) in [4.78, 5) is 2.10. The minimum absolute atomic E-state index is 0.156. The van der Waals surface area contributed by atoms with Gasteiger partial charge in [-0.05, 0) is 43.0 Å². The molecule has 102 valence electrons. The van der Waals surface area contributed by atoms with Gasteiger partial charge < -0.3 is 10.2 Å². The van der Waals surface area contributed by atoms with Crippen molar-refractivity contribution >= 4 is 17.4 Å². The number of halogens is 1. The third-order valence-electron chi connectivity index (χ3n) is 2.77. The molecule has 18 heavy (non-hydrogen) atoms. The second kappa shape index (κ2) is 8.38. The molecule has 0 bridgehead atoms. The fourth-order valence-corrected chi connectivity index (χ4v) is 2.18. The van der Waals surface area contributed by atoms with Crippen LogP contribution in [0.1, 0.15) is 18.9 Å². The largest absolute Gasteiger partial charge is 0.374 e. The van der Waals surface area contributed by atoms with Gasteiger partial charge in [0.05, 0.1) is 0 Å². The standard InChI is InChI=1S/C14H23FN2S/c1-4-5-16-11-12-8-13(15)10-14(9-12)17(2)6-7-18-3/h8-10,16H,4-7,11H2,1-3H3. The van der Waals surface area contributed by atoms with Crippen LogP contribution in [-0.2, 0) is 6.54 Å². The van der Waals surface area contributed by atoms with Crippen molar-refractivity contribution in [1.82, 2.24) is 5.32 Å². The van der Waals surface area contributed by atoms with Crippen molar-refractivity contribution in [2.75, 3.05) is 37.0 Å². The molecule has 0 saturated carbocycles. The van der Waals surface area contributed by atoms with Crippen molar-refractivity contribution < 1.29 is 4.39 Å². The maximum absolute atomic E-state index is 13.6. The number of hydrogen-bond acceptors (Lipinski definition) is 3. The summed E-state index contributed by atoms with van der Waals surface area (Å²) in [5.41, 5.74) is 1.96. The van der Waals surface area contributed by atoms with E-state index in [1.54, 1.807) is 23.9 Å². The molecule has 1 aromatic carbocycles. The van der Waals surface area contributed by atoms with Crippen LogP contribution in [0.5, 0.6) is 0 Å². The summed E-state index contributed by atoms with van der Waals surface area (Å²) in [6.45, 7) is 4.76.